The standard InChI is InChI=1S/C12H13NS2/c1-2-4-12-10(3-1)11(8-15-12)13-9-5-6-14-7-9/h1-4,8-9,13H,5-7H2. The monoisotopic (exact) mass is 235 g/mol. The predicted molar refractivity (Wildman–Crippen MR) is 71.2 cm³/mol. The molecule has 0 amide bonds. The van der Waals surface area contributed by atoms with Crippen molar-refractivity contribution in [1.82, 2.24) is 0 Å². The quantitative estimate of drug-likeness (QED) is 0.849. The Balaban J connectivity index is 1.90. The normalized spacial score (nSPS) is 20.9. The molecule has 78 valence electrons. The van der Waals surface area contributed by atoms with Crippen molar-refractivity contribution in [3.8, 4) is 0 Å². The van der Waals surface area contributed by atoms with Crippen LogP contribution in [0.1, 0.15) is 6.42 Å². The molecular formula is C12H13NS2. The van der Waals surface area contributed by atoms with Crippen molar-refractivity contribution in [2.24, 2.45) is 0 Å². The Morgan fingerprint density at radius 1 is 1.27 bits per heavy atom. The Morgan fingerprint density at radius 2 is 2.20 bits per heavy atom. The molecule has 1 atom stereocenters. The van der Waals surface area contributed by atoms with E-state index in [1.54, 1.807) is 0 Å². The highest BCUT2D eigenvalue weighted by Gasteiger charge is 2.16. The molecule has 15 heavy (non-hydrogen) atoms. The number of nitrogens with one attached hydrogen (secondary N) is 1. The molecule has 1 nitrogen and oxygen atoms in total. The molecule has 0 spiro atoms. The molecular weight excluding hydrogens is 222 g/mol. The third-order valence-electron chi connectivity index (χ3n) is 2.77. The van der Waals surface area contributed by atoms with E-state index in [4.69, 9.17) is 0 Å². The van der Waals surface area contributed by atoms with Gasteiger partial charge in [-0.25, -0.2) is 0 Å². The second-order valence-electron chi connectivity index (χ2n) is 3.85. The van der Waals surface area contributed by atoms with E-state index in [0.29, 0.717) is 6.04 Å². The summed E-state index contributed by atoms with van der Waals surface area (Å²) in [7, 11) is 0. The molecule has 2 heterocycles. The van der Waals surface area contributed by atoms with Crippen molar-refractivity contribution >= 4 is 38.9 Å². The van der Waals surface area contributed by atoms with Crippen LogP contribution in [0.25, 0.3) is 10.1 Å². The van der Waals surface area contributed by atoms with E-state index >= 15 is 0 Å². The highest BCUT2D eigenvalue weighted by Crippen LogP contribution is 2.32. The summed E-state index contributed by atoms with van der Waals surface area (Å²) >= 11 is 3.88. The van der Waals surface area contributed by atoms with Crippen molar-refractivity contribution in [3.63, 3.8) is 0 Å². The van der Waals surface area contributed by atoms with E-state index in [9.17, 15) is 0 Å². The van der Waals surface area contributed by atoms with Crippen LogP contribution in [0.15, 0.2) is 29.6 Å². The van der Waals surface area contributed by atoms with Crippen molar-refractivity contribution in [2.45, 2.75) is 12.5 Å². The van der Waals surface area contributed by atoms with Gasteiger partial charge in [0, 0.05) is 27.3 Å². The SMILES string of the molecule is c1ccc2c(NC3CCSC3)csc2c1. The minimum absolute atomic E-state index is 0.674. The molecule has 0 saturated carbocycles. The second-order valence-corrected chi connectivity index (χ2v) is 5.91. The first kappa shape index (κ1) is 9.55. The highest BCUT2D eigenvalue weighted by molar-refractivity contribution is 7.99. The van der Waals surface area contributed by atoms with Crippen LogP contribution < -0.4 is 5.32 Å². The van der Waals surface area contributed by atoms with Crippen LogP contribution in [0.3, 0.4) is 0 Å². The molecule has 2 aromatic rings. The summed E-state index contributed by atoms with van der Waals surface area (Å²) in [6, 6.07) is 9.29. The van der Waals surface area contributed by atoms with Crippen LogP contribution in [0.2, 0.25) is 0 Å². The molecule has 1 aliphatic heterocycles. The molecule has 0 bridgehead atoms. The number of hydrogen-bond donors (Lipinski definition) is 1. The Morgan fingerprint density at radius 3 is 3.07 bits per heavy atom. The van der Waals surface area contributed by atoms with Crippen LogP contribution in [0.5, 0.6) is 0 Å². The van der Waals surface area contributed by atoms with Crippen LogP contribution in [-0.2, 0) is 0 Å². The van der Waals surface area contributed by atoms with E-state index in [1.807, 2.05) is 11.3 Å². The summed E-state index contributed by atoms with van der Waals surface area (Å²) in [6.45, 7) is 0. The molecule has 1 saturated heterocycles. The first-order valence-electron chi connectivity index (χ1n) is 5.24. The molecule has 3 heteroatoms. The molecule has 1 unspecified atom stereocenters. The van der Waals surface area contributed by atoms with Crippen LogP contribution in [-0.4, -0.2) is 17.5 Å². The minimum Gasteiger partial charge on any atom is -0.380 e. The number of benzene rings is 1. The average Bonchev–Trinajstić information content (AvgIpc) is 2.89. The van der Waals surface area contributed by atoms with Gasteiger partial charge in [-0.05, 0) is 18.2 Å². The van der Waals surface area contributed by atoms with E-state index < -0.39 is 0 Å². The summed E-state index contributed by atoms with van der Waals surface area (Å²) in [6.07, 6.45) is 1.30. The maximum absolute atomic E-state index is 3.65. The average molecular weight is 235 g/mol. The Bertz CT molecular complexity index is 457. The Labute approximate surface area is 97.9 Å². The van der Waals surface area contributed by atoms with E-state index in [2.05, 4.69) is 46.7 Å². The summed E-state index contributed by atoms with van der Waals surface area (Å²) in [5.74, 6) is 2.56. The summed E-state index contributed by atoms with van der Waals surface area (Å²) in [5.41, 5.74) is 1.32. The summed E-state index contributed by atoms with van der Waals surface area (Å²) < 4.78 is 1.38. The van der Waals surface area contributed by atoms with Gasteiger partial charge in [0.25, 0.3) is 0 Å². The first-order valence-corrected chi connectivity index (χ1v) is 7.27. The summed E-state index contributed by atoms with van der Waals surface area (Å²) in [5, 5.41) is 7.27. The van der Waals surface area contributed by atoms with Gasteiger partial charge in [0.15, 0.2) is 0 Å². The third kappa shape index (κ3) is 1.86. The number of thiophene rings is 1. The maximum atomic E-state index is 3.65. The van der Waals surface area contributed by atoms with Crippen molar-refractivity contribution in [3.05, 3.63) is 29.6 Å². The number of thioether (sulfide) groups is 1. The lowest BCUT2D eigenvalue weighted by molar-refractivity contribution is 0.815. The zero-order valence-corrected chi connectivity index (χ0v) is 10.0. The molecule has 1 N–H and O–H groups in total. The molecule has 3 rings (SSSR count). The lowest BCUT2D eigenvalue weighted by atomic mass is 10.2. The van der Waals surface area contributed by atoms with Crippen LogP contribution >= 0.6 is 23.1 Å². The molecule has 1 aliphatic rings. The van der Waals surface area contributed by atoms with E-state index in [0.717, 1.165) is 0 Å². The zero-order valence-electron chi connectivity index (χ0n) is 8.40. The maximum Gasteiger partial charge on any atom is 0.0531 e. The van der Waals surface area contributed by atoms with Gasteiger partial charge in [-0.15, -0.1) is 11.3 Å². The van der Waals surface area contributed by atoms with Gasteiger partial charge in [-0.3, -0.25) is 0 Å². The number of anilines is 1. The molecule has 0 radical (unpaired) electrons. The third-order valence-corrected chi connectivity index (χ3v) is 4.90. The highest BCUT2D eigenvalue weighted by atomic mass is 32.2. The van der Waals surface area contributed by atoms with Crippen LogP contribution in [0.4, 0.5) is 5.69 Å². The fourth-order valence-corrected chi connectivity index (χ4v) is 4.01. The number of hydrogen-bond acceptors (Lipinski definition) is 3. The van der Waals surface area contributed by atoms with Gasteiger partial charge >= 0.3 is 0 Å². The van der Waals surface area contributed by atoms with Crippen molar-refractivity contribution in [2.75, 3.05) is 16.8 Å². The van der Waals surface area contributed by atoms with Gasteiger partial charge in [0.1, 0.15) is 0 Å². The molecule has 1 aromatic heterocycles. The summed E-state index contributed by atoms with van der Waals surface area (Å²) in [4.78, 5) is 0. The number of fused-ring (bicyclic) bond motifs is 1. The van der Waals surface area contributed by atoms with Gasteiger partial charge in [0.05, 0.1) is 5.69 Å². The van der Waals surface area contributed by atoms with Gasteiger partial charge in [-0.1, -0.05) is 18.2 Å². The predicted octanol–water partition coefficient (Wildman–Crippen LogP) is 3.82. The van der Waals surface area contributed by atoms with Crippen LogP contribution in [0, 0.1) is 0 Å². The topological polar surface area (TPSA) is 12.0 Å². The lowest BCUT2D eigenvalue weighted by Crippen LogP contribution is -2.17. The molecule has 0 aliphatic carbocycles. The smallest absolute Gasteiger partial charge is 0.0531 e. The van der Waals surface area contributed by atoms with Crippen molar-refractivity contribution in [1.29, 1.82) is 0 Å². The fraction of sp³-hybridized carbons (Fsp3) is 0.333. The second kappa shape index (κ2) is 4.06. The van der Waals surface area contributed by atoms with Gasteiger partial charge in [-0.2, -0.15) is 11.8 Å². The number of rotatable bonds is 2. The van der Waals surface area contributed by atoms with E-state index in [-0.39, 0.29) is 0 Å². The fourth-order valence-electron chi connectivity index (χ4n) is 1.96. The Kier molecular flexibility index (Phi) is 2.59. The first-order chi connectivity index (χ1) is 7.43. The molecule has 1 fully saturated rings. The largest absolute Gasteiger partial charge is 0.380 e. The molecule has 1 aromatic carbocycles. The minimum atomic E-state index is 0.674. The van der Waals surface area contributed by atoms with Gasteiger partial charge < -0.3 is 5.32 Å². The Hall–Kier alpha value is -0.670. The van der Waals surface area contributed by atoms with E-state index in [1.165, 1.54) is 33.7 Å². The van der Waals surface area contributed by atoms with Gasteiger partial charge in [0.2, 0.25) is 0 Å². The zero-order chi connectivity index (χ0) is 10.1. The van der Waals surface area contributed by atoms with Crippen molar-refractivity contribution < 1.29 is 0 Å². The lowest BCUT2D eigenvalue weighted by Gasteiger charge is -2.11.